The Bertz CT molecular complexity index is 154. The summed E-state index contributed by atoms with van der Waals surface area (Å²) in [7, 11) is 1.76. The van der Waals surface area contributed by atoms with Crippen molar-refractivity contribution in [3.63, 3.8) is 0 Å². The van der Waals surface area contributed by atoms with Crippen LogP contribution in [0.5, 0.6) is 0 Å². The van der Waals surface area contributed by atoms with E-state index in [0.29, 0.717) is 11.3 Å². The highest BCUT2D eigenvalue weighted by atomic mass is 35.5. The van der Waals surface area contributed by atoms with Crippen molar-refractivity contribution < 1.29 is 4.74 Å². The van der Waals surface area contributed by atoms with Crippen molar-refractivity contribution in [3.05, 3.63) is 0 Å². The van der Waals surface area contributed by atoms with Gasteiger partial charge in [0.2, 0.25) is 0 Å². The van der Waals surface area contributed by atoms with Crippen LogP contribution in [0.25, 0.3) is 0 Å². The maximum atomic E-state index is 6.17. The van der Waals surface area contributed by atoms with E-state index in [1.807, 2.05) is 0 Å². The lowest BCUT2D eigenvalue weighted by Crippen LogP contribution is -2.40. The molecule has 0 bridgehead atoms. The van der Waals surface area contributed by atoms with E-state index < -0.39 is 0 Å². The number of alkyl halides is 1. The largest absolute Gasteiger partial charge is 0.385 e. The van der Waals surface area contributed by atoms with E-state index in [4.69, 9.17) is 16.3 Å². The zero-order valence-electron chi connectivity index (χ0n) is 9.34. The van der Waals surface area contributed by atoms with Gasteiger partial charge in [0.25, 0.3) is 0 Å². The molecule has 14 heavy (non-hydrogen) atoms. The highest BCUT2D eigenvalue weighted by molar-refractivity contribution is 6.20. The van der Waals surface area contributed by atoms with Crippen molar-refractivity contribution in [3.8, 4) is 0 Å². The van der Waals surface area contributed by atoms with E-state index in [0.717, 1.165) is 13.0 Å². The van der Waals surface area contributed by atoms with Gasteiger partial charge in [0.15, 0.2) is 0 Å². The number of hydrogen-bond acceptors (Lipinski definition) is 2. The topological polar surface area (TPSA) is 12.5 Å². The van der Waals surface area contributed by atoms with E-state index in [2.05, 4.69) is 11.8 Å². The molecule has 0 spiro atoms. The number of halogens is 1. The normalized spacial score (nSPS) is 29.4. The van der Waals surface area contributed by atoms with Gasteiger partial charge < -0.3 is 9.64 Å². The standard InChI is InChI=1S/C11H22ClNO/c1-10-9-13(7-5-11(10)12)6-3-4-8-14-2/h10-11H,3-9H2,1-2H3. The molecule has 1 fully saturated rings. The molecule has 1 saturated heterocycles. The molecule has 1 aliphatic rings. The Balaban J connectivity index is 2.07. The number of nitrogens with zero attached hydrogens (tertiary/aromatic N) is 1. The lowest BCUT2D eigenvalue weighted by atomic mass is 9.99. The summed E-state index contributed by atoms with van der Waals surface area (Å²) in [4.78, 5) is 2.53. The second kappa shape index (κ2) is 6.65. The molecule has 2 nitrogen and oxygen atoms in total. The van der Waals surface area contributed by atoms with Crippen molar-refractivity contribution in [2.24, 2.45) is 5.92 Å². The molecular weight excluding hydrogens is 198 g/mol. The number of methoxy groups -OCH3 is 1. The molecule has 1 heterocycles. The van der Waals surface area contributed by atoms with Crippen molar-refractivity contribution in [2.75, 3.05) is 33.4 Å². The van der Waals surface area contributed by atoms with Gasteiger partial charge in [-0.1, -0.05) is 6.92 Å². The summed E-state index contributed by atoms with van der Waals surface area (Å²) in [6.07, 6.45) is 3.56. The first-order valence-corrected chi connectivity index (χ1v) is 6.03. The lowest BCUT2D eigenvalue weighted by Gasteiger charge is -2.34. The second-order valence-corrected chi connectivity index (χ2v) is 4.84. The molecule has 0 radical (unpaired) electrons. The average Bonchev–Trinajstić information content (AvgIpc) is 2.18. The van der Waals surface area contributed by atoms with Crippen LogP contribution < -0.4 is 0 Å². The molecule has 0 aromatic rings. The summed E-state index contributed by atoms with van der Waals surface area (Å²) in [6, 6.07) is 0. The van der Waals surface area contributed by atoms with Crippen LogP contribution in [0.2, 0.25) is 0 Å². The van der Waals surface area contributed by atoms with E-state index in [1.165, 1.54) is 32.5 Å². The quantitative estimate of drug-likeness (QED) is 0.520. The minimum absolute atomic E-state index is 0.394. The van der Waals surface area contributed by atoms with Crippen LogP contribution in [0.15, 0.2) is 0 Å². The third-order valence-electron chi connectivity index (χ3n) is 2.96. The molecule has 0 saturated carbocycles. The minimum Gasteiger partial charge on any atom is -0.385 e. The molecule has 84 valence electrons. The summed E-state index contributed by atoms with van der Waals surface area (Å²) in [6.45, 7) is 6.68. The van der Waals surface area contributed by atoms with Crippen LogP contribution in [-0.2, 0) is 4.74 Å². The summed E-state index contributed by atoms with van der Waals surface area (Å²) in [5.41, 5.74) is 0. The zero-order chi connectivity index (χ0) is 10.4. The van der Waals surface area contributed by atoms with Gasteiger partial charge in [-0.2, -0.15) is 0 Å². The van der Waals surface area contributed by atoms with Crippen LogP contribution >= 0.6 is 11.6 Å². The molecule has 1 rings (SSSR count). The van der Waals surface area contributed by atoms with E-state index in [9.17, 15) is 0 Å². The SMILES string of the molecule is COCCCCN1CCC(Cl)C(C)C1. The van der Waals surface area contributed by atoms with Gasteiger partial charge in [-0.05, 0) is 38.3 Å². The van der Waals surface area contributed by atoms with Gasteiger partial charge in [-0.3, -0.25) is 0 Å². The predicted octanol–water partition coefficient (Wildman–Crippen LogP) is 2.36. The maximum absolute atomic E-state index is 6.17. The molecule has 0 amide bonds. The van der Waals surface area contributed by atoms with Gasteiger partial charge >= 0.3 is 0 Å². The summed E-state index contributed by atoms with van der Waals surface area (Å²) >= 11 is 6.17. The second-order valence-electron chi connectivity index (χ2n) is 4.28. The highest BCUT2D eigenvalue weighted by Crippen LogP contribution is 2.21. The summed E-state index contributed by atoms with van der Waals surface area (Å²) in [5, 5.41) is 0.394. The first-order chi connectivity index (χ1) is 6.74. The number of likely N-dealkylation sites (tertiary alicyclic amines) is 1. The highest BCUT2D eigenvalue weighted by Gasteiger charge is 2.23. The predicted molar refractivity (Wildman–Crippen MR) is 61.0 cm³/mol. The first-order valence-electron chi connectivity index (χ1n) is 5.59. The Morgan fingerprint density at radius 1 is 1.43 bits per heavy atom. The van der Waals surface area contributed by atoms with Crippen molar-refractivity contribution in [2.45, 2.75) is 31.6 Å². The van der Waals surface area contributed by atoms with Gasteiger partial charge in [0.1, 0.15) is 0 Å². The number of ether oxygens (including phenoxy) is 1. The van der Waals surface area contributed by atoms with Crippen molar-refractivity contribution in [1.29, 1.82) is 0 Å². The molecule has 1 aliphatic heterocycles. The minimum atomic E-state index is 0.394. The van der Waals surface area contributed by atoms with Crippen LogP contribution in [0.3, 0.4) is 0 Å². The summed E-state index contributed by atoms with van der Waals surface area (Å²) < 4.78 is 5.03. The average molecular weight is 220 g/mol. The molecular formula is C11H22ClNO. The number of hydrogen-bond donors (Lipinski definition) is 0. The number of unbranched alkanes of at least 4 members (excludes halogenated alkanes) is 1. The van der Waals surface area contributed by atoms with Gasteiger partial charge in [0.05, 0.1) is 0 Å². The van der Waals surface area contributed by atoms with Crippen LogP contribution in [-0.4, -0.2) is 43.6 Å². The van der Waals surface area contributed by atoms with Crippen LogP contribution in [0.4, 0.5) is 0 Å². The fraction of sp³-hybridized carbons (Fsp3) is 1.00. The molecule has 2 atom stereocenters. The smallest absolute Gasteiger partial charge is 0.0462 e. The third-order valence-corrected chi connectivity index (χ3v) is 3.61. The van der Waals surface area contributed by atoms with Crippen molar-refractivity contribution in [1.82, 2.24) is 4.90 Å². The van der Waals surface area contributed by atoms with E-state index >= 15 is 0 Å². The van der Waals surface area contributed by atoms with Gasteiger partial charge in [0, 0.05) is 25.6 Å². The molecule has 3 heteroatoms. The zero-order valence-corrected chi connectivity index (χ0v) is 10.1. The monoisotopic (exact) mass is 219 g/mol. The van der Waals surface area contributed by atoms with Crippen molar-refractivity contribution >= 4 is 11.6 Å². The molecule has 0 aliphatic carbocycles. The van der Waals surface area contributed by atoms with E-state index in [1.54, 1.807) is 7.11 Å². The van der Waals surface area contributed by atoms with Crippen LogP contribution in [0, 0.1) is 5.92 Å². The fourth-order valence-electron chi connectivity index (χ4n) is 1.99. The fourth-order valence-corrected chi connectivity index (χ4v) is 2.17. The molecule has 2 unspecified atom stereocenters. The molecule has 0 aromatic carbocycles. The van der Waals surface area contributed by atoms with Gasteiger partial charge in [-0.15, -0.1) is 11.6 Å². The van der Waals surface area contributed by atoms with Crippen LogP contribution in [0.1, 0.15) is 26.2 Å². The lowest BCUT2D eigenvalue weighted by molar-refractivity contribution is 0.163. The number of rotatable bonds is 5. The molecule has 0 aromatic heterocycles. The maximum Gasteiger partial charge on any atom is 0.0462 e. The Labute approximate surface area is 92.6 Å². The Morgan fingerprint density at radius 3 is 2.86 bits per heavy atom. The van der Waals surface area contributed by atoms with E-state index in [-0.39, 0.29) is 0 Å². The summed E-state index contributed by atoms with van der Waals surface area (Å²) in [5.74, 6) is 0.646. The molecule has 0 N–H and O–H groups in total. The third kappa shape index (κ3) is 4.16. The van der Waals surface area contributed by atoms with Gasteiger partial charge in [-0.25, -0.2) is 0 Å². The Kier molecular flexibility index (Phi) is 5.83. The number of piperidine rings is 1. The Morgan fingerprint density at radius 2 is 2.21 bits per heavy atom. The first kappa shape index (κ1) is 12.3. The Hall–Kier alpha value is 0.210.